The predicted molar refractivity (Wildman–Crippen MR) is 88.5 cm³/mol. The van der Waals surface area contributed by atoms with E-state index in [1.54, 1.807) is 48.5 Å². The molecule has 1 aliphatic heterocycles. The van der Waals surface area contributed by atoms with Crippen LogP contribution in [0.5, 0.6) is 11.5 Å². The summed E-state index contributed by atoms with van der Waals surface area (Å²) in [7, 11) is 1.50. The van der Waals surface area contributed by atoms with Crippen LogP contribution in [0.15, 0.2) is 54.2 Å². The van der Waals surface area contributed by atoms with Gasteiger partial charge in [0.25, 0.3) is 11.8 Å². The monoisotopic (exact) mass is 324 g/mol. The minimum absolute atomic E-state index is 0.144. The third-order valence-corrected chi connectivity index (χ3v) is 3.46. The Morgan fingerprint density at radius 2 is 1.79 bits per heavy atom. The van der Waals surface area contributed by atoms with Gasteiger partial charge in [-0.2, -0.15) is 0 Å². The molecular weight excluding hydrogens is 308 g/mol. The third kappa shape index (κ3) is 3.38. The van der Waals surface area contributed by atoms with Crippen LogP contribution >= 0.6 is 0 Å². The quantitative estimate of drug-likeness (QED) is 0.843. The molecule has 0 aromatic heterocycles. The summed E-state index contributed by atoms with van der Waals surface area (Å²) in [4.78, 5) is 24.3. The predicted octanol–water partition coefficient (Wildman–Crippen LogP) is 1.93. The van der Waals surface area contributed by atoms with E-state index in [-0.39, 0.29) is 18.4 Å². The van der Waals surface area contributed by atoms with Crippen molar-refractivity contribution < 1.29 is 19.1 Å². The Hall–Kier alpha value is -3.28. The molecule has 3 rings (SSSR count). The number of hydrogen-bond donors (Lipinski definition) is 2. The van der Waals surface area contributed by atoms with Crippen molar-refractivity contribution in [2.45, 2.75) is 0 Å². The van der Waals surface area contributed by atoms with Gasteiger partial charge in [0, 0.05) is 12.6 Å². The second-order valence-electron chi connectivity index (χ2n) is 5.07. The zero-order chi connectivity index (χ0) is 16.9. The zero-order valence-corrected chi connectivity index (χ0v) is 13.0. The number of nitrogens with one attached hydrogen (secondary N) is 2. The average Bonchev–Trinajstić information content (AvgIpc) is 3.09. The number of likely N-dealkylation sites (N-methyl/N-ethyl adjacent to an activating group) is 1. The molecule has 1 aliphatic rings. The van der Waals surface area contributed by atoms with Crippen LogP contribution in [0.25, 0.3) is 6.08 Å². The molecule has 0 radical (unpaired) electrons. The molecule has 0 aliphatic carbocycles. The normalized spacial score (nSPS) is 12.6. The Morgan fingerprint density at radius 1 is 1.04 bits per heavy atom. The Bertz CT molecular complexity index is 800. The van der Waals surface area contributed by atoms with E-state index < -0.39 is 5.91 Å². The summed E-state index contributed by atoms with van der Waals surface area (Å²) in [6, 6.07) is 14.0. The molecule has 0 saturated heterocycles. The van der Waals surface area contributed by atoms with Crippen molar-refractivity contribution in [3.8, 4) is 11.5 Å². The largest absolute Gasteiger partial charge is 0.454 e. The number of ether oxygens (including phenoxy) is 2. The van der Waals surface area contributed by atoms with E-state index in [1.807, 2.05) is 6.07 Å². The van der Waals surface area contributed by atoms with Crippen molar-refractivity contribution in [1.82, 2.24) is 10.6 Å². The topological polar surface area (TPSA) is 76.7 Å². The van der Waals surface area contributed by atoms with Gasteiger partial charge in [0.2, 0.25) is 6.79 Å². The Labute approximate surface area is 139 Å². The van der Waals surface area contributed by atoms with E-state index in [1.165, 1.54) is 7.05 Å². The fourth-order valence-electron chi connectivity index (χ4n) is 2.25. The van der Waals surface area contributed by atoms with Crippen molar-refractivity contribution in [3.63, 3.8) is 0 Å². The molecule has 0 unspecified atom stereocenters. The Balaban J connectivity index is 1.86. The van der Waals surface area contributed by atoms with Gasteiger partial charge in [0.05, 0.1) is 0 Å². The molecule has 0 spiro atoms. The summed E-state index contributed by atoms with van der Waals surface area (Å²) in [6.07, 6.45) is 1.58. The summed E-state index contributed by atoms with van der Waals surface area (Å²) in [5.41, 5.74) is 1.33. The molecule has 2 N–H and O–H groups in total. The molecule has 2 amide bonds. The van der Waals surface area contributed by atoms with E-state index in [0.717, 1.165) is 0 Å². The number of carbonyl (C=O) groups is 2. The third-order valence-electron chi connectivity index (χ3n) is 3.46. The maximum atomic E-state index is 12.3. The van der Waals surface area contributed by atoms with Crippen LogP contribution in [0, 0.1) is 0 Å². The smallest absolute Gasteiger partial charge is 0.267 e. The summed E-state index contributed by atoms with van der Waals surface area (Å²) in [5, 5.41) is 5.15. The van der Waals surface area contributed by atoms with Crippen molar-refractivity contribution in [2.24, 2.45) is 0 Å². The minimum atomic E-state index is -0.392. The highest BCUT2D eigenvalue weighted by molar-refractivity contribution is 6.05. The van der Waals surface area contributed by atoms with Crippen LogP contribution in [-0.4, -0.2) is 25.7 Å². The highest BCUT2D eigenvalue weighted by atomic mass is 16.7. The summed E-state index contributed by atoms with van der Waals surface area (Å²) < 4.78 is 10.6. The number of amides is 2. The maximum absolute atomic E-state index is 12.3. The highest BCUT2D eigenvalue weighted by Gasteiger charge is 2.16. The molecule has 6 heteroatoms. The van der Waals surface area contributed by atoms with Gasteiger partial charge >= 0.3 is 0 Å². The second-order valence-corrected chi connectivity index (χ2v) is 5.07. The molecular formula is C18H16N2O4. The molecule has 24 heavy (non-hydrogen) atoms. The first-order valence-corrected chi connectivity index (χ1v) is 7.37. The van der Waals surface area contributed by atoms with E-state index in [4.69, 9.17) is 9.47 Å². The van der Waals surface area contributed by atoms with Gasteiger partial charge in [0.1, 0.15) is 5.70 Å². The van der Waals surface area contributed by atoms with Crippen LogP contribution in [0.3, 0.4) is 0 Å². The van der Waals surface area contributed by atoms with Gasteiger partial charge in [-0.25, -0.2) is 0 Å². The molecule has 1 heterocycles. The first kappa shape index (κ1) is 15.6. The van der Waals surface area contributed by atoms with Gasteiger partial charge in [-0.05, 0) is 35.9 Å². The van der Waals surface area contributed by atoms with Crippen LogP contribution in [-0.2, 0) is 4.79 Å². The zero-order valence-electron chi connectivity index (χ0n) is 13.0. The molecule has 2 aromatic carbocycles. The van der Waals surface area contributed by atoms with Gasteiger partial charge in [-0.3, -0.25) is 9.59 Å². The summed E-state index contributed by atoms with van der Waals surface area (Å²) in [5.74, 6) is 0.513. The molecule has 0 fully saturated rings. The first-order chi connectivity index (χ1) is 11.7. The van der Waals surface area contributed by atoms with Gasteiger partial charge < -0.3 is 20.1 Å². The van der Waals surface area contributed by atoms with E-state index in [2.05, 4.69) is 10.6 Å². The first-order valence-electron chi connectivity index (χ1n) is 7.37. The van der Waals surface area contributed by atoms with Gasteiger partial charge in [-0.15, -0.1) is 0 Å². The lowest BCUT2D eigenvalue weighted by molar-refractivity contribution is -0.117. The fourth-order valence-corrected chi connectivity index (χ4v) is 2.25. The van der Waals surface area contributed by atoms with Crippen LogP contribution in [0.2, 0.25) is 0 Å². The Morgan fingerprint density at radius 3 is 2.54 bits per heavy atom. The second kappa shape index (κ2) is 6.87. The lowest BCUT2D eigenvalue weighted by Gasteiger charge is -2.09. The SMILES string of the molecule is CNC(=O)/C(=C\c1ccc2c(c1)OCO2)NC(=O)c1ccccc1. The standard InChI is InChI=1S/C18H16N2O4/c1-19-18(22)14(20-17(21)13-5-3-2-4-6-13)9-12-7-8-15-16(10-12)24-11-23-15/h2-10H,11H2,1H3,(H,19,22)(H,20,21)/b14-9+. The van der Waals surface area contributed by atoms with Crippen LogP contribution in [0.1, 0.15) is 15.9 Å². The van der Waals surface area contributed by atoms with E-state index >= 15 is 0 Å². The Kier molecular flexibility index (Phi) is 4.47. The maximum Gasteiger partial charge on any atom is 0.267 e. The molecule has 6 nitrogen and oxygen atoms in total. The van der Waals surface area contributed by atoms with Crippen molar-refractivity contribution >= 4 is 17.9 Å². The van der Waals surface area contributed by atoms with E-state index in [9.17, 15) is 9.59 Å². The lowest BCUT2D eigenvalue weighted by atomic mass is 10.1. The lowest BCUT2D eigenvalue weighted by Crippen LogP contribution is -2.33. The average molecular weight is 324 g/mol. The van der Waals surface area contributed by atoms with Crippen molar-refractivity contribution in [2.75, 3.05) is 13.8 Å². The van der Waals surface area contributed by atoms with Crippen LogP contribution in [0.4, 0.5) is 0 Å². The molecule has 2 aromatic rings. The fraction of sp³-hybridized carbons (Fsp3) is 0.111. The molecule has 0 bridgehead atoms. The number of carbonyl (C=O) groups excluding carboxylic acids is 2. The van der Waals surface area contributed by atoms with E-state index in [0.29, 0.717) is 22.6 Å². The number of hydrogen-bond acceptors (Lipinski definition) is 4. The molecule has 122 valence electrons. The minimum Gasteiger partial charge on any atom is -0.454 e. The van der Waals surface area contributed by atoms with Gasteiger partial charge in [-0.1, -0.05) is 24.3 Å². The summed E-state index contributed by atoms with van der Waals surface area (Å²) in [6.45, 7) is 0.176. The van der Waals surface area contributed by atoms with Crippen molar-refractivity contribution in [1.29, 1.82) is 0 Å². The number of rotatable bonds is 4. The van der Waals surface area contributed by atoms with Gasteiger partial charge in [0.15, 0.2) is 11.5 Å². The highest BCUT2D eigenvalue weighted by Crippen LogP contribution is 2.33. The number of fused-ring (bicyclic) bond motifs is 1. The van der Waals surface area contributed by atoms with Crippen molar-refractivity contribution in [3.05, 3.63) is 65.4 Å². The number of benzene rings is 2. The molecule has 0 saturated carbocycles. The van der Waals surface area contributed by atoms with Crippen LogP contribution < -0.4 is 20.1 Å². The molecule has 0 atom stereocenters. The summed E-state index contributed by atoms with van der Waals surface area (Å²) >= 11 is 0.